The van der Waals surface area contributed by atoms with E-state index >= 15 is 0 Å². The van der Waals surface area contributed by atoms with Crippen LogP contribution < -0.4 is 9.47 Å². The lowest BCUT2D eigenvalue weighted by molar-refractivity contribution is 0.264. The van der Waals surface area contributed by atoms with Crippen molar-refractivity contribution in [3.63, 3.8) is 0 Å². The Balaban J connectivity index is 2.15. The molecule has 0 heterocycles. The zero-order chi connectivity index (χ0) is 18.8. The Morgan fingerprint density at radius 2 is 1.54 bits per heavy atom. The Morgan fingerprint density at radius 1 is 0.808 bits per heavy atom. The van der Waals surface area contributed by atoms with E-state index in [-0.39, 0.29) is 0 Å². The molecule has 142 valence electrons. The van der Waals surface area contributed by atoms with Crippen molar-refractivity contribution in [2.75, 3.05) is 13.2 Å². The van der Waals surface area contributed by atoms with Gasteiger partial charge in [0.15, 0.2) is 11.5 Å². The average molecular weight is 565 g/mol. The van der Waals surface area contributed by atoms with Gasteiger partial charge in [-0.1, -0.05) is 108 Å². The predicted molar refractivity (Wildman–Crippen MR) is 124 cm³/mol. The van der Waals surface area contributed by atoms with Crippen LogP contribution in [-0.4, -0.2) is 17.1 Å². The molecule has 0 N–H and O–H groups in total. The molecular formula is C20H25Br3O2Si. The molecule has 0 bridgehead atoms. The molecular weight excluding hydrogens is 540 g/mol. The van der Waals surface area contributed by atoms with Crippen LogP contribution in [0.1, 0.15) is 32.6 Å². The molecule has 2 aromatic carbocycles. The van der Waals surface area contributed by atoms with E-state index in [1.165, 1.54) is 12.8 Å². The maximum Gasteiger partial charge on any atom is 0.267 e. The lowest BCUT2D eigenvalue weighted by Gasteiger charge is -2.17. The Labute approximate surface area is 181 Å². The second kappa shape index (κ2) is 11.5. The number of rotatable bonds is 11. The Hall–Kier alpha value is -0.303. The molecule has 0 fully saturated rings. The van der Waals surface area contributed by atoms with Gasteiger partial charge in [-0.15, -0.1) is 0 Å². The maximum absolute atomic E-state index is 6.21. The minimum Gasteiger partial charge on any atom is -0.490 e. The molecule has 0 atom stereocenters. The summed E-state index contributed by atoms with van der Waals surface area (Å²) in [5, 5.41) is 0. The fourth-order valence-electron chi connectivity index (χ4n) is 2.60. The van der Waals surface area contributed by atoms with Crippen LogP contribution in [0.2, 0.25) is 6.04 Å². The van der Waals surface area contributed by atoms with Gasteiger partial charge in [-0.05, 0) is 30.5 Å². The van der Waals surface area contributed by atoms with Gasteiger partial charge in [-0.25, -0.2) is 0 Å². The van der Waals surface area contributed by atoms with E-state index in [1.807, 2.05) is 30.3 Å². The highest BCUT2D eigenvalue weighted by Crippen LogP contribution is 2.39. The summed E-state index contributed by atoms with van der Waals surface area (Å²) in [5.41, 5.74) is 2.23. The van der Waals surface area contributed by atoms with Gasteiger partial charge in [0.1, 0.15) is 0 Å². The maximum atomic E-state index is 6.21. The molecule has 0 aliphatic heterocycles. The number of hydrogen-bond acceptors (Lipinski definition) is 2. The Kier molecular flexibility index (Phi) is 9.74. The molecule has 0 radical (unpaired) electrons. The summed E-state index contributed by atoms with van der Waals surface area (Å²) in [5.74, 6) is 1.68. The van der Waals surface area contributed by atoms with Crippen molar-refractivity contribution in [3.8, 4) is 22.6 Å². The highest BCUT2D eigenvalue weighted by atomic mass is 80.0. The molecule has 2 rings (SSSR count). The van der Waals surface area contributed by atoms with E-state index in [0.29, 0.717) is 6.61 Å². The van der Waals surface area contributed by atoms with Gasteiger partial charge >= 0.3 is 0 Å². The molecule has 0 aromatic heterocycles. The van der Waals surface area contributed by atoms with Crippen molar-refractivity contribution >= 4 is 49.8 Å². The summed E-state index contributed by atoms with van der Waals surface area (Å²) in [6.07, 6.45) is 4.40. The second-order valence-corrected chi connectivity index (χ2v) is 29.6. The molecule has 0 amide bonds. The first-order chi connectivity index (χ1) is 12.5. The summed E-state index contributed by atoms with van der Waals surface area (Å²) in [6.45, 7) is 3.58. The van der Waals surface area contributed by atoms with E-state index in [9.17, 15) is 0 Å². The first-order valence-corrected chi connectivity index (χ1v) is 18.0. The van der Waals surface area contributed by atoms with Crippen molar-refractivity contribution < 1.29 is 9.47 Å². The number of para-hydroxylation sites is 1. The monoisotopic (exact) mass is 562 g/mol. The molecule has 0 aliphatic carbocycles. The van der Waals surface area contributed by atoms with Crippen molar-refractivity contribution in [2.45, 2.75) is 38.7 Å². The summed E-state index contributed by atoms with van der Waals surface area (Å²) in [6, 6.07) is 17.5. The van der Waals surface area contributed by atoms with Crippen molar-refractivity contribution in [1.29, 1.82) is 0 Å². The zero-order valence-electron chi connectivity index (χ0n) is 15.0. The van der Waals surface area contributed by atoms with E-state index in [4.69, 9.17) is 9.47 Å². The van der Waals surface area contributed by atoms with Crippen LogP contribution in [-0.2, 0) is 0 Å². The van der Waals surface area contributed by atoms with E-state index < -0.39 is 3.93 Å². The number of hydrogen-bond donors (Lipinski definition) is 0. The van der Waals surface area contributed by atoms with E-state index in [0.717, 1.165) is 48.1 Å². The second-order valence-electron chi connectivity index (χ2n) is 6.12. The third kappa shape index (κ3) is 7.75. The number of unbranched alkanes of at least 4 members (excludes halogenated alkanes) is 2. The summed E-state index contributed by atoms with van der Waals surface area (Å²) < 4.78 is 10.7. The third-order valence-electron chi connectivity index (χ3n) is 3.92. The van der Waals surface area contributed by atoms with Gasteiger partial charge in [-0.2, -0.15) is 0 Å². The van der Waals surface area contributed by atoms with Gasteiger partial charge in [0.25, 0.3) is 3.93 Å². The van der Waals surface area contributed by atoms with Crippen LogP contribution in [0.15, 0.2) is 48.5 Å². The standard InChI is InChI=1S/C20H25Br3O2Si/c1-2-3-7-14-24-19-13-8-12-18(17-10-5-4-6-11-17)20(19)25-15-9-16-26(21,22)23/h4-6,8,10-13H,2-3,7,9,14-16H2,1H3. The normalized spacial score (nSPS) is 11.4. The van der Waals surface area contributed by atoms with Crippen LogP contribution >= 0.6 is 45.9 Å². The fourth-order valence-corrected chi connectivity index (χ4v) is 5.67. The van der Waals surface area contributed by atoms with Crippen LogP contribution in [0, 0.1) is 0 Å². The average Bonchev–Trinajstić information content (AvgIpc) is 2.63. The number of halogens is 3. The van der Waals surface area contributed by atoms with E-state index in [2.05, 4.69) is 71.0 Å². The summed E-state index contributed by atoms with van der Waals surface area (Å²) in [7, 11) is 0. The molecule has 6 heteroatoms. The van der Waals surface area contributed by atoms with Gasteiger partial charge < -0.3 is 9.47 Å². The molecule has 0 saturated heterocycles. The number of benzene rings is 2. The molecule has 0 aliphatic rings. The predicted octanol–water partition coefficient (Wildman–Crippen LogP) is 7.82. The van der Waals surface area contributed by atoms with Gasteiger partial charge in [0.2, 0.25) is 0 Å². The van der Waals surface area contributed by atoms with Crippen LogP contribution in [0.25, 0.3) is 11.1 Å². The third-order valence-corrected chi connectivity index (χ3v) is 8.41. The fraction of sp³-hybridized carbons (Fsp3) is 0.400. The minimum absolute atomic E-state index is 0.659. The molecule has 2 nitrogen and oxygen atoms in total. The van der Waals surface area contributed by atoms with Gasteiger partial charge in [0, 0.05) is 5.56 Å². The summed E-state index contributed by atoms with van der Waals surface area (Å²) >= 11 is 11.0. The van der Waals surface area contributed by atoms with Crippen LogP contribution in [0.3, 0.4) is 0 Å². The highest BCUT2D eigenvalue weighted by molar-refractivity contribution is 9.72. The van der Waals surface area contributed by atoms with Gasteiger partial charge in [-0.3, -0.25) is 0 Å². The van der Waals surface area contributed by atoms with E-state index in [1.54, 1.807) is 0 Å². The quantitative estimate of drug-likeness (QED) is 0.157. The smallest absolute Gasteiger partial charge is 0.267 e. The van der Waals surface area contributed by atoms with Crippen molar-refractivity contribution in [3.05, 3.63) is 48.5 Å². The number of ether oxygens (including phenoxy) is 2. The van der Waals surface area contributed by atoms with Gasteiger partial charge in [0.05, 0.1) is 13.2 Å². The molecule has 2 aromatic rings. The Bertz CT molecular complexity index is 660. The summed E-state index contributed by atoms with van der Waals surface area (Å²) in [4.78, 5) is 0. The molecule has 0 spiro atoms. The first-order valence-electron chi connectivity index (χ1n) is 9.02. The van der Waals surface area contributed by atoms with Crippen molar-refractivity contribution in [2.24, 2.45) is 0 Å². The largest absolute Gasteiger partial charge is 0.490 e. The zero-order valence-corrected chi connectivity index (χ0v) is 20.8. The first kappa shape index (κ1) is 22.0. The Morgan fingerprint density at radius 3 is 2.23 bits per heavy atom. The highest BCUT2D eigenvalue weighted by Gasteiger charge is 2.21. The lowest BCUT2D eigenvalue weighted by atomic mass is 10.0. The minimum atomic E-state index is -1.59. The molecule has 26 heavy (non-hydrogen) atoms. The SMILES string of the molecule is CCCCCOc1cccc(-c2ccccc2)c1OCCC[Si](Br)(Br)Br. The van der Waals surface area contributed by atoms with Crippen molar-refractivity contribution in [1.82, 2.24) is 0 Å². The van der Waals surface area contributed by atoms with Crippen LogP contribution in [0.5, 0.6) is 11.5 Å². The molecule has 0 saturated carbocycles. The molecule has 0 unspecified atom stereocenters. The topological polar surface area (TPSA) is 18.5 Å². The lowest BCUT2D eigenvalue weighted by Crippen LogP contribution is -2.09. The van der Waals surface area contributed by atoms with Crippen LogP contribution in [0.4, 0.5) is 0 Å².